The second-order valence-electron chi connectivity index (χ2n) is 8.77. The number of amides is 2. The van der Waals surface area contributed by atoms with Gasteiger partial charge in [-0.2, -0.15) is 0 Å². The summed E-state index contributed by atoms with van der Waals surface area (Å²) >= 11 is 0. The summed E-state index contributed by atoms with van der Waals surface area (Å²) in [7, 11) is 0. The molecule has 0 unspecified atom stereocenters. The third-order valence-corrected chi connectivity index (χ3v) is 6.55. The summed E-state index contributed by atoms with van der Waals surface area (Å²) in [5.41, 5.74) is 1.75. The SMILES string of the molecule is O=C1CO[C@@]2(CCCN(C(=O)c3cc4ccc(F)cc4[nH]3)CC2)CN1Cc1ccccc1. The number of H-pyrrole nitrogens is 1. The predicted molar refractivity (Wildman–Crippen MR) is 119 cm³/mol. The van der Waals surface area contributed by atoms with E-state index in [0.29, 0.717) is 43.8 Å². The molecule has 32 heavy (non-hydrogen) atoms. The molecule has 0 aliphatic carbocycles. The van der Waals surface area contributed by atoms with Crippen LogP contribution in [0.2, 0.25) is 0 Å². The molecule has 2 amide bonds. The summed E-state index contributed by atoms with van der Waals surface area (Å²) in [6.45, 7) is 2.36. The molecule has 2 fully saturated rings. The van der Waals surface area contributed by atoms with Crippen molar-refractivity contribution >= 4 is 22.7 Å². The van der Waals surface area contributed by atoms with Gasteiger partial charge in [-0.25, -0.2) is 4.39 Å². The smallest absolute Gasteiger partial charge is 0.270 e. The van der Waals surface area contributed by atoms with Gasteiger partial charge in [-0.05, 0) is 49.1 Å². The van der Waals surface area contributed by atoms with E-state index in [2.05, 4.69) is 4.98 Å². The van der Waals surface area contributed by atoms with E-state index in [0.717, 1.165) is 23.8 Å². The summed E-state index contributed by atoms with van der Waals surface area (Å²) in [5, 5.41) is 0.812. The zero-order chi connectivity index (χ0) is 22.1. The van der Waals surface area contributed by atoms with Crippen molar-refractivity contribution in [3.8, 4) is 0 Å². The van der Waals surface area contributed by atoms with Crippen LogP contribution in [0.5, 0.6) is 0 Å². The van der Waals surface area contributed by atoms with E-state index >= 15 is 0 Å². The number of likely N-dealkylation sites (tertiary alicyclic amines) is 1. The fraction of sp³-hybridized carbons (Fsp3) is 0.360. The average molecular weight is 435 g/mol. The quantitative estimate of drug-likeness (QED) is 0.682. The van der Waals surface area contributed by atoms with E-state index in [1.165, 1.54) is 12.1 Å². The Balaban J connectivity index is 1.28. The number of aromatic nitrogens is 1. The van der Waals surface area contributed by atoms with Crippen molar-refractivity contribution in [3.63, 3.8) is 0 Å². The lowest BCUT2D eigenvalue weighted by Gasteiger charge is -2.42. The minimum absolute atomic E-state index is 0.00182. The molecule has 5 rings (SSSR count). The van der Waals surface area contributed by atoms with Gasteiger partial charge in [0.05, 0.1) is 12.1 Å². The molecule has 7 heteroatoms. The highest BCUT2D eigenvalue weighted by molar-refractivity contribution is 5.98. The minimum atomic E-state index is -0.429. The van der Waals surface area contributed by atoms with E-state index in [-0.39, 0.29) is 24.2 Å². The van der Waals surface area contributed by atoms with E-state index in [1.807, 2.05) is 40.1 Å². The highest BCUT2D eigenvalue weighted by atomic mass is 19.1. The van der Waals surface area contributed by atoms with Crippen LogP contribution in [0, 0.1) is 5.82 Å². The second-order valence-corrected chi connectivity index (χ2v) is 8.77. The number of halogens is 1. The fourth-order valence-electron chi connectivity index (χ4n) is 4.79. The normalized spacial score (nSPS) is 21.8. The summed E-state index contributed by atoms with van der Waals surface area (Å²) in [6.07, 6.45) is 2.27. The highest BCUT2D eigenvalue weighted by Crippen LogP contribution is 2.32. The van der Waals surface area contributed by atoms with Crippen LogP contribution in [-0.2, 0) is 16.1 Å². The Bertz CT molecular complexity index is 1150. The van der Waals surface area contributed by atoms with Gasteiger partial charge in [-0.3, -0.25) is 9.59 Å². The molecule has 1 spiro atoms. The van der Waals surface area contributed by atoms with Crippen LogP contribution in [0.25, 0.3) is 10.9 Å². The summed E-state index contributed by atoms with van der Waals surface area (Å²) in [5.74, 6) is -0.423. The molecular formula is C25H26FN3O3. The molecule has 0 bridgehead atoms. The first-order valence-electron chi connectivity index (χ1n) is 11.0. The Morgan fingerprint density at radius 2 is 1.94 bits per heavy atom. The minimum Gasteiger partial charge on any atom is -0.363 e. The van der Waals surface area contributed by atoms with Crippen LogP contribution in [0.15, 0.2) is 54.6 Å². The summed E-state index contributed by atoms with van der Waals surface area (Å²) in [6, 6.07) is 16.2. The highest BCUT2D eigenvalue weighted by Gasteiger charge is 2.41. The van der Waals surface area contributed by atoms with Crippen molar-refractivity contribution in [2.24, 2.45) is 0 Å². The van der Waals surface area contributed by atoms with Crippen LogP contribution < -0.4 is 0 Å². The molecule has 2 aliphatic heterocycles. The standard InChI is InChI=1S/C25H26FN3O3/c26-20-8-7-19-13-22(27-21(19)14-20)24(31)28-11-4-9-25(10-12-28)17-29(23(30)16-32-25)15-18-5-2-1-3-6-18/h1-3,5-8,13-14,27H,4,9-12,15-17H2/t25-/m1/s1. The monoisotopic (exact) mass is 435 g/mol. The maximum atomic E-state index is 13.5. The summed E-state index contributed by atoms with van der Waals surface area (Å²) < 4.78 is 19.6. The number of hydrogen-bond donors (Lipinski definition) is 1. The Morgan fingerprint density at radius 1 is 1.09 bits per heavy atom. The molecule has 0 radical (unpaired) electrons. The number of morpholine rings is 1. The topological polar surface area (TPSA) is 65.6 Å². The van der Waals surface area contributed by atoms with Gasteiger partial charge in [0, 0.05) is 30.5 Å². The molecule has 1 atom stereocenters. The number of nitrogens with one attached hydrogen (secondary N) is 1. The third kappa shape index (κ3) is 4.12. The largest absolute Gasteiger partial charge is 0.363 e. The van der Waals surface area contributed by atoms with Crippen LogP contribution in [0.4, 0.5) is 4.39 Å². The number of nitrogens with zero attached hydrogens (tertiary/aromatic N) is 2. The van der Waals surface area contributed by atoms with Crippen LogP contribution in [0.1, 0.15) is 35.3 Å². The van der Waals surface area contributed by atoms with Gasteiger partial charge in [0.2, 0.25) is 5.91 Å². The van der Waals surface area contributed by atoms with Crippen molar-refractivity contribution in [2.45, 2.75) is 31.4 Å². The van der Waals surface area contributed by atoms with Crippen molar-refractivity contribution in [1.29, 1.82) is 0 Å². The first-order valence-corrected chi connectivity index (χ1v) is 11.0. The van der Waals surface area contributed by atoms with Gasteiger partial charge in [-0.15, -0.1) is 0 Å². The van der Waals surface area contributed by atoms with Crippen LogP contribution in [0.3, 0.4) is 0 Å². The molecule has 2 aliphatic rings. The second kappa shape index (κ2) is 8.39. The molecule has 3 heterocycles. The Labute approximate surface area is 186 Å². The first kappa shape index (κ1) is 20.7. The first-order chi connectivity index (χ1) is 15.5. The molecular weight excluding hydrogens is 409 g/mol. The number of hydrogen-bond acceptors (Lipinski definition) is 3. The van der Waals surface area contributed by atoms with Crippen molar-refractivity contribution in [1.82, 2.24) is 14.8 Å². The molecule has 1 N–H and O–H groups in total. The number of aromatic amines is 1. The molecule has 3 aromatic rings. The van der Waals surface area contributed by atoms with Gasteiger partial charge < -0.3 is 19.5 Å². The summed E-state index contributed by atoms with van der Waals surface area (Å²) in [4.78, 5) is 32.4. The molecule has 2 aromatic carbocycles. The maximum Gasteiger partial charge on any atom is 0.270 e. The van der Waals surface area contributed by atoms with Crippen molar-refractivity contribution in [3.05, 3.63) is 71.7 Å². The Morgan fingerprint density at radius 3 is 2.78 bits per heavy atom. The van der Waals surface area contributed by atoms with E-state index in [9.17, 15) is 14.0 Å². The van der Waals surface area contributed by atoms with Gasteiger partial charge in [0.15, 0.2) is 0 Å². The number of benzene rings is 2. The number of ether oxygens (including phenoxy) is 1. The van der Waals surface area contributed by atoms with Crippen LogP contribution in [-0.4, -0.2) is 58.4 Å². The number of fused-ring (bicyclic) bond motifs is 1. The zero-order valence-electron chi connectivity index (χ0n) is 17.9. The lowest BCUT2D eigenvalue weighted by molar-refractivity contribution is -0.166. The molecule has 2 saturated heterocycles. The van der Waals surface area contributed by atoms with E-state index in [4.69, 9.17) is 4.74 Å². The van der Waals surface area contributed by atoms with Crippen molar-refractivity contribution in [2.75, 3.05) is 26.2 Å². The van der Waals surface area contributed by atoms with Crippen molar-refractivity contribution < 1.29 is 18.7 Å². The van der Waals surface area contributed by atoms with E-state index < -0.39 is 5.60 Å². The Kier molecular flexibility index (Phi) is 5.43. The third-order valence-electron chi connectivity index (χ3n) is 6.55. The van der Waals surface area contributed by atoms with Crippen LogP contribution >= 0.6 is 0 Å². The number of carbonyl (C=O) groups is 2. The lowest BCUT2D eigenvalue weighted by Crippen LogP contribution is -2.54. The fourth-order valence-corrected chi connectivity index (χ4v) is 4.79. The molecule has 0 saturated carbocycles. The molecule has 6 nitrogen and oxygen atoms in total. The van der Waals surface area contributed by atoms with E-state index in [1.54, 1.807) is 12.1 Å². The maximum absolute atomic E-state index is 13.5. The Hall–Kier alpha value is -3.19. The lowest BCUT2D eigenvalue weighted by atomic mass is 9.92. The molecule has 166 valence electrons. The van der Waals surface area contributed by atoms with Gasteiger partial charge >= 0.3 is 0 Å². The van der Waals surface area contributed by atoms with Gasteiger partial charge in [-0.1, -0.05) is 30.3 Å². The predicted octanol–water partition coefficient (Wildman–Crippen LogP) is 3.73. The average Bonchev–Trinajstić information content (AvgIpc) is 3.11. The number of rotatable bonds is 3. The zero-order valence-corrected chi connectivity index (χ0v) is 17.9. The van der Waals surface area contributed by atoms with Gasteiger partial charge in [0.25, 0.3) is 5.91 Å². The number of carbonyl (C=O) groups excluding carboxylic acids is 2. The molecule has 1 aromatic heterocycles. The van der Waals surface area contributed by atoms with Gasteiger partial charge in [0.1, 0.15) is 18.1 Å².